The lowest BCUT2D eigenvalue weighted by Crippen LogP contribution is -2.16. The number of aromatic nitrogens is 2. The number of alkyl halides is 3. The van der Waals surface area contributed by atoms with Crippen molar-refractivity contribution in [1.29, 1.82) is 0 Å². The van der Waals surface area contributed by atoms with Crippen LogP contribution in [0, 0.1) is 0 Å². The first kappa shape index (κ1) is 15.5. The van der Waals surface area contributed by atoms with E-state index in [0.717, 1.165) is 12.1 Å². The van der Waals surface area contributed by atoms with Gasteiger partial charge < -0.3 is 10.4 Å². The van der Waals surface area contributed by atoms with Gasteiger partial charge >= 0.3 is 6.18 Å². The van der Waals surface area contributed by atoms with Crippen LogP contribution in [0.1, 0.15) is 17.2 Å². The third kappa shape index (κ3) is 4.05. The first-order valence-corrected chi connectivity index (χ1v) is 6.31. The van der Waals surface area contributed by atoms with E-state index in [9.17, 15) is 18.3 Å². The Balaban J connectivity index is 2.18. The first-order chi connectivity index (χ1) is 9.90. The maximum absolute atomic E-state index is 12.5. The van der Waals surface area contributed by atoms with Gasteiger partial charge in [-0.2, -0.15) is 13.2 Å². The Morgan fingerprint density at radius 2 is 1.86 bits per heavy atom. The van der Waals surface area contributed by atoms with Crippen LogP contribution in [0.5, 0.6) is 0 Å². The summed E-state index contributed by atoms with van der Waals surface area (Å²) in [5, 5.41) is 12.3. The monoisotopic (exact) mass is 317 g/mol. The van der Waals surface area contributed by atoms with Crippen molar-refractivity contribution in [2.24, 2.45) is 0 Å². The standard InChI is InChI=1S/C13H11ClF3N3O/c14-12-18-6-5-11(20-12)19-10(7-21)8-1-3-9(4-2-8)13(15,16)17/h1-6,10,21H,7H2,(H,18,19,20). The van der Waals surface area contributed by atoms with E-state index in [4.69, 9.17) is 11.6 Å². The number of halogens is 4. The summed E-state index contributed by atoms with van der Waals surface area (Å²) >= 11 is 5.64. The summed E-state index contributed by atoms with van der Waals surface area (Å²) in [5.41, 5.74) is -0.242. The van der Waals surface area contributed by atoms with E-state index in [-0.39, 0.29) is 11.9 Å². The van der Waals surface area contributed by atoms with Gasteiger partial charge in [0.25, 0.3) is 0 Å². The van der Waals surface area contributed by atoms with E-state index in [1.807, 2.05) is 0 Å². The molecule has 2 N–H and O–H groups in total. The smallest absolute Gasteiger partial charge is 0.394 e. The quantitative estimate of drug-likeness (QED) is 0.850. The van der Waals surface area contributed by atoms with Crippen molar-refractivity contribution < 1.29 is 18.3 Å². The molecule has 0 fully saturated rings. The van der Waals surface area contributed by atoms with Gasteiger partial charge in [0.2, 0.25) is 5.28 Å². The topological polar surface area (TPSA) is 58.0 Å². The molecule has 1 unspecified atom stereocenters. The van der Waals surface area contributed by atoms with Gasteiger partial charge in [-0.05, 0) is 35.4 Å². The van der Waals surface area contributed by atoms with Crippen molar-refractivity contribution >= 4 is 17.4 Å². The number of nitrogens with zero attached hydrogens (tertiary/aromatic N) is 2. The van der Waals surface area contributed by atoms with Crippen LogP contribution in [0.4, 0.5) is 19.0 Å². The minimum Gasteiger partial charge on any atom is -0.394 e. The van der Waals surface area contributed by atoms with Crippen LogP contribution in [-0.4, -0.2) is 21.7 Å². The molecule has 8 heteroatoms. The average molecular weight is 318 g/mol. The summed E-state index contributed by atoms with van der Waals surface area (Å²) in [6.07, 6.45) is -2.96. The van der Waals surface area contributed by atoms with Crippen LogP contribution >= 0.6 is 11.6 Å². The molecule has 0 aliphatic carbocycles. The van der Waals surface area contributed by atoms with Gasteiger partial charge in [0.15, 0.2) is 0 Å². The lowest BCUT2D eigenvalue weighted by atomic mass is 10.1. The Kier molecular flexibility index (Phi) is 4.64. The lowest BCUT2D eigenvalue weighted by Gasteiger charge is -2.18. The zero-order valence-corrected chi connectivity index (χ0v) is 11.4. The maximum Gasteiger partial charge on any atom is 0.416 e. The molecular weight excluding hydrogens is 307 g/mol. The van der Waals surface area contributed by atoms with Crippen LogP contribution in [0.15, 0.2) is 36.5 Å². The van der Waals surface area contributed by atoms with Gasteiger partial charge in [0, 0.05) is 6.20 Å². The Bertz CT molecular complexity index is 604. The van der Waals surface area contributed by atoms with Gasteiger partial charge in [0.05, 0.1) is 18.2 Å². The van der Waals surface area contributed by atoms with Gasteiger partial charge in [-0.1, -0.05) is 12.1 Å². The summed E-state index contributed by atoms with van der Waals surface area (Å²) in [5.74, 6) is 0.369. The van der Waals surface area contributed by atoms with Crippen molar-refractivity contribution in [3.8, 4) is 0 Å². The van der Waals surface area contributed by atoms with E-state index in [1.165, 1.54) is 18.3 Å². The molecule has 0 bridgehead atoms. The van der Waals surface area contributed by atoms with Gasteiger partial charge in [-0.3, -0.25) is 0 Å². The second-order valence-corrected chi connectivity index (χ2v) is 4.55. The Morgan fingerprint density at radius 3 is 2.38 bits per heavy atom. The summed E-state index contributed by atoms with van der Waals surface area (Å²) in [4.78, 5) is 7.61. The number of aliphatic hydroxyl groups is 1. The van der Waals surface area contributed by atoms with Crippen molar-refractivity contribution in [3.63, 3.8) is 0 Å². The van der Waals surface area contributed by atoms with E-state index in [0.29, 0.717) is 11.4 Å². The van der Waals surface area contributed by atoms with Crippen molar-refractivity contribution in [1.82, 2.24) is 9.97 Å². The molecule has 0 aliphatic rings. The molecule has 1 aromatic carbocycles. The fraction of sp³-hybridized carbons (Fsp3) is 0.231. The molecular formula is C13H11ClF3N3O. The third-order valence-corrected chi connectivity index (χ3v) is 2.95. The molecule has 0 aliphatic heterocycles. The van der Waals surface area contributed by atoms with Crippen LogP contribution in [-0.2, 0) is 6.18 Å². The van der Waals surface area contributed by atoms with Gasteiger partial charge in [0.1, 0.15) is 5.82 Å². The minimum absolute atomic E-state index is 0.0316. The normalized spacial score (nSPS) is 13.0. The molecule has 0 radical (unpaired) electrons. The van der Waals surface area contributed by atoms with Crippen LogP contribution in [0.25, 0.3) is 0 Å². The molecule has 4 nitrogen and oxygen atoms in total. The molecule has 112 valence electrons. The number of rotatable bonds is 4. The van der Waals surface area contributed by atoms with Crippen LogP contribution < -0.4 is 5.32 Å². The van der Waals surface area contributed by atoms with Gasteiger partial charge in [-0.25, -0.2) is 9.97 Å². The number of nitrogens with one attached hydrogen (secondary N) is 1. The minimum atomic E-state index is -4.39. The average Bonchev–Trinajstić information content (AvgIpc) is 2.44. The Hall–Kier alpha value is -1.86. The third-order valence-electron chi connectivity index (χ3n) is 2.77. The molecule has 1 heterocycles. The van der Waals surface area contributed by atoms with Gasteiger partial charge in [-0.15, -0.1) is 0 Å². The molecule has 0 spiro atoms. The highest BCUT2D eigenvalue weighted by Crippen LogP contribution is 2.30. The number of benzene rings is 1. The lowest BCUT2D eigenvalue weighted by molar-refractivity contribution is -0.137. The number of hydrogen-bond donors (Lipinski definition) is 2. The fourth-order valence-corrected chi connectivity index (χ4v) is 1.88. The van der Waals surface area contributed by atoms with E-state index in [2.05, 4.69) is 15.3 Å². The number of anilines is 1. The van der Waals surface area contributed by atoms with Crippen molar-refractivity contribution in [2.45, 2.75) is 12.2 Å². The van der Waals surface area contributed by atoms with E-state index >= 15 is 0 Å². The van der Waals surface area contributed by atoms with Crippen molar-refractivity contribution in [2.75, 3.05) is 11.9 Å². The highest BCUT2D eigenvalue weighted by molar-refractivity contribution is 6.28. The number of hydrogen-bond acceptors (Lipinski definition) is 4. The maximum atomic E-state index is 12.5. The number of aliphatic hydroxyl groups excluding tert-OH is 1. The molecule has 0 saturated carbocycles. The zero-order valence-electron chi connectivity index (χ0n) is 10.6. The Labute approximate surface area is 123 Å². The predicted octanol–water partition coefficient (Wildman–Crippen LogP) is 3.29. The second-order valence-electron chi connectivity index (χ2n) is 4.21. The Morgan fingerprint density at radius 1 is 1.19 bits per heavy atom. The highest BCUT2D eigenvalue weighted by atomic mass is 35.5. The second kappa shape index (κ2) is 6.28. The molecule has 0 saturated heterocycles. The molecule has 1 atom stereocenters. The molecule has 2 aromatic rings. The molecule has 0 amide bonds. The first-order valence-electron chi connectivity index (χ1n) is 5.93. The zero-order chi connectivity index (χ0) is 15.5. The van der Waals surface area contributed by atoms with E-state index in [1.54, 1.807) is 6.07 Å². The summed E-state index contributed by atoms with van der Waals surface area (Å²) in [7, 11) is 0. The predicted molar refractivity (Wildman–Crippen MR) is 71.9 cm³/mol. The van der Waals surface area contributed by atoms with Crippen LogP contribution in [0.2, 0.25) is 5.28 Å². The summed E-state index contributed by atoms with van der Waals surface area (Å²) in [6.45, 7) is -0.313. The van der Waals surface area contributed by atoms with E-state index < -0.39 is 17.8 Å². The fourth-order valence-electron chi connectivity index (χ4n) is 1.73. The summed E-state index contributed by atoms with van der Waals surface area (Å²) in [6, 6.07) is 5.48. The molecule has 2 rings (SSSR count). The SMILES string of the molecule is OCC(Nc1ccnc(Cl)n1)c1ccc(C(F)(F)F)cc1. The molecule has 1 aromatic heterocycles. The molecule has 21 heavy (non-hydrogen) atoms. The largest absolute Gasteiger partial charge is 0.416 e. The summed E-state index contributed by atoms with van der Waals surface area (Å²) < 4.78 is 37.5. The highest BCUT2D eigenvalue weighted by Gasteiger charge is 2.30. The van der Waals surface area contributed by atoms with Crippen molar-refractivity contribution in [3.05, 3.63) is 52.9 Å². The van der Waals surface area contributed by atoms with Crippen LogP contribution in [0.3, 0.4) is 0 Å².